The molecule has 1 saturated heterocycles. The first-order chi connectivity index (χ1) is 6.75. The van der Waals surface area contributed by atoms with Crippen molar-refractivity contribution in [1.82, 2.24) is 20.8 Å². The summed E-state index contributed by atoms with van der Waals surface area (Å²) < 4.78 is 0. The van der Waals surface area contributed by atoms with Crippen LogP contribution in [0, 0.1) is 6.92 Å². The number of amides is 1. The van der Waals surface area contributed by atoms with Crippen LogP contribution in [0.25, 0.3) is 0 Å². The Morgan fingerprint density at radius 1 is 1.64 bits per heavy atom. The van der Waals surface area contributed by atoms with Crippen LogP contribution in [0.4, 0.5) is 0 Å². The quantitative estimate of drug-likeness (QED) is 0.729. The summed E-state index contributed by atoms with van der Waals surface area (Å²) in [6.07, 6.45) is 0.858. The Hall–Kier alpha value is -1.01. The molecule has 1 aliphatic rings. The van der Waals surface area contributed by atoms with Crippen molar-refractivity contribution in [2.45, 2.75) is 25.9 Å². The van der Waals surface area contributed by atoms with Crippen molar-refractivity contribution in [1.29, 1.82) is 0 Å². The number of carbonyl (C=O) groups excluding carboxylic acids is 1. The topological polar surface area (TPSA) is 66.9 Å². The highest BCUT2D eigenvalue weighted by molar-refractivity contribution is 7.11. The van der Waals surface area contributed by atoms with Crippen LogP contribution in [-0.4, -0.2) is 28.7 Å². The van der Waals surface area contributed by atoms with Crippen molar-refractivity contribution >= 4 is 17.2 Å². The highest BCUT2D eigenvalue weighted by atomic mass is 32.1. The molecule has 0 aliphatic carbocycles. The fourth-order valence-electron chi connectivity index (χ4n) is 1.41. The van der Waals surface area contributed by atoms with E-state index in [1.165, 1.54) is 0 Å². The molecule has 1 aromatic heterocycles. The van der Waals surface area contributed by atoms with Gasteiger partial charge in [-0.3, -0.25) is 10.1 Å². The van der Waals surface area contributed by atoms with Gasteiger partial charge in [-0.25, -0.2) is 0 Å². The van der Waals surface area contributed by atoms with Crippen molar-refractivity contribution < 1.29 is 4.79 Å². The molecule has 2 rings (SSSR count). The maximum atomic E-state index is 11.2. The van der Waals surface area contributed by atoms with Crippen LogP contribution < -0.4 is 10.6 Å². The molecule has 1 atom stereocenters. The van der Waals surface area contributed by atoms with E-state index in [1.54, 1.807) is 11.3 Å². The molecule has 1 aliphatic heterocycles. The van der Waals surface area contributed by atoms with Crippen LogP contribution in [0.3, 0.4) is 0 Å². The standard InChI is InChI=1S/C8H12N4OS/c1-5-11-12-7(14-5)4-10-6-2-3-9-8(6)13/h6,10H,2-4H2,1H3,(H,9,13). The summed E-state index contributed by atoms with van der Waals surface area (Å²) in [5, 5.41) is 15.7. The SMILES string of the molecule is Cc1nnc(CNC2CCNC2=O)s1. The predicted molar refractivity (Wildman–Crippen MR) is 52.9 cm³/mol. The van der Waals surface area contributed by atoms with Crippen LogP contribution in [0.1, 0.15) is 16.4 Å². The average Bonchev–Trinajstić information content (AvgIpc) is 2.72. The van der Waals surface area contributed by atoms with Crippen LogP contribution in [0.2, 0.25) is 0 Å². The van der Waals surface area contributed by atoms with Crippen molar-refractivity contribution in [3.05, 3.63) is 10.0 Å². The molecule has 14 heavy (non-hydrogen) atoms. The van der Waals surface area contributed by atoms with E-state index in [0.29, 0.717) is 6.54 Å². The summed E-state index contributed by atoms with van der Waals surface area (Å²) in [5.41, 5.74) is 0. The zero-order valence-corrected chi connectivity index (χ0v) is 8.73. The monoisotopic (exact) mass is 212 g/mol. The highest BCUT2D eigenvalue weighted by Crippen LogP contribution is 2.08. The Balaban J connectivity index is 1.85. The lowest BCUT2D eigenvalue weighted by atomic mass is 10.2. The second-order valence-corrected chi connectivity index (χ2v) is 4.49. The molecule has 0 saturated carbocycles. The number of rotatable bonds is 3. The minimum absolute atomic E-state index is 0.0563. The Morgan fingerprint density at radius 3 is 3.07 bits per heavy atom. The van der Waals surface area contributed by atoms with Gasteiger partial charge in [0.2, 0.25) is 5.91 Å². The van der Waals surface area contributed by atoms with Gasteiger partial charge in [-0.1, -0.05) is 0 Å². The Morgan fingerprint density at radius 2 is 2.50 bits per heavy atom. The third-order valence-electron chi connectivity index (χ3n) is 2.12. The molecule has 0 aromatic carbocycles. The Kier molecular flexibility index (Phi) is 2.74. The molecule has 1 unspecified atom stereocenters. The number of hydrogen-bond acceptors (Lipinski definition) is 5. The van der Waals surface area contributed by atoms with E-state index in [-0.39, 0.29) is 11.9 Å². The molecule has 1 fully saturated rings. The molecule has 0 radical (unpaired) electrons. The average molecular weight is 212 g/mol. The first-order valence-corrected chi connectivity index (χ1v) is 5.37. The number of carbonyl (C=O) groups is 1. The van der Waals surface area contributed by atoms with E-state index in [4.69, 9.17) is 0 Å². The maximum absolute atomic E-state index is 11.2. The van der Waals surface area contributed by atoms with Crippen LogP contribution in [0.5, 0.6) is 0 Å². The molecule has 0 spiro atoms. The lowest BCUT2D eigenvalue weighted by Crippen LogP contribution is -2.35. The fourth-order valence-corrected chi connectivity index (χ4v) is 2.07. The summed E-state index contributed by atoms with van der Waals surface area (Å²) in [6.45, 7) is 3.32. The third-order valence-corrected chi connectivity index (χ3v) is 2.95. The zero-order chi connectivity index (χ0) is 9.97. The molecule has 1 amide bonds. The van der Waals surface area contributed by atoms with Gasteiger partial charge >= 0.3 is 0 Å². The van der Waals surface area contributed by atoms with Gasteiger partial charge in [0.15, 0.2) is 0 Å². The first kappa shape index (κ1) is 9.54. The van der Waals surface area contributed by atoms with E-state index in [1.807, 2.05) is 6.92 Å². The summed E-state index contributed by atoms with van der Waals surface area (Å²) >= 11 is 1.56. The van der Waals surface area contributed by atoms with Crippen molar-refractivity contribution in [3.8, 4) is 0 Å². The van der Waals surface area contributed by atoms with Gasteiger partial charge in [-0.05, 0) is 13.3 Å². The number of nitrogens with zero attached hydrogens (tertiary/aromatic N) is 2. The normalized spacial score (nSPS) is 21.2. The van der Waals surface area contributed by atoms with Crippen LogP contribution >= 0.6 is 11.3 Å². The van der Waals surface area contributed by atoms with Crippen LogP contribution in [0.15, 0.2) is 0 Å². The van der Waals surface area contributed by atoms with Gasteiger partial charge in [0.1, 0.15) is 10.0 Å². The predicted octanol–water partition coefficient (Wildman–Crippen LogP) is -0.175. The lowest BCUT2D eigenvalue weighted by molar-refractivity contribution is -0.120. The van der Waals surface area contributed by atoms with Crippen molar-refractivity contribution in [2.24, 2.45) is 0 Å². The lowest BCUT2D eigenvalue weighted by Gasteiger charge is -2.06. The number of nitrogens with one attached hydrogen (secondary N) is 2. The Labute approximate surface area is 85.9 Å². The summed E-state index contributed by atoms with van der Waals surface area (Å²) in [5.74, 6) is 0.0891. The van der Waals surface area contributed by atoms with Gasteiger partial charge in [-0.15, -0.1) is 21.5 Å². The van der Waals surface area contributed by atoms with E-state index in [2.05, 4.69) is 20.8 Å². The zero-order valence-electron chi connectivity index (χ0n) is 7.91. The smallest absolute Gasteiger partial charge is 0.237 e. The largest absolute Gasteiger partial charge is 0.355 e. The number of hydrogen-bond donors (Lipinski definition) is 2. The minimum atomic E-state index is -0.0563. The molecule has 76 valence electrons. The highest BCUT2D eigenvalue weighted by Gasteiger charge is 2.23. The summed E-state index contributed by atoms with van der Waals surface area (Å²) in [6, 6.07) is -0.0563. The summed E-state index contributed by atoms with van der Waals surface area (Å²) in [4.78, 5) is 11.2. The second kappa shape index (κ2) is 4.02. The molecule has 2 N–H and O–H groups in total. The van der Waals surface area contributed by atoms with Gasteiger partial charge in [0, 0.05) is 6.54 Å². The van der Waals surface area contributed by atoms with E-state index >= 15 is 0 Å². The number of aromatic nitrogens is 2. The van der Waals surface area contributed by atoms with E-state index in [9.17, 15) is 4.79 Å². The Bertz CT molecular complexity index is 338. The molecule has 2 heterocycles. The third kappa shape index (κ3) is 2.08. The van der Waals surface area contributed by atoms with Gasteiger partial charge < -0.3 is 5.32 Å². The molecule has 1 aromatic rings. The molecular formula is C8H12N4OS. The molecule has 0 bridgehead atoms. The summed E-state index contributed by atoms with van der Waals surface area (Å²) in [7, 11) is 0. The first-order valence-electron chi connectivity index (χ1n) is 4.56. The van der Waals surface area contributed by atoms with Crippen LogP contribution in [-0.2, 0) is 11.3 Å². The maximum Gasteiger partial charge on any atom is 0.237 e. The fraction of sp³-hybridized carbons (Fsp3) is 0.625. The van der Waals surface area contributed by atoms with Crippen molar-refractivity contribution in [3.63, 3.8) is 0 Å². The number of aryl methyl sites for hydroxylation is 1. The van der Waals surface area contributed by atoms with Gasteiger partial charge in [-0.2, -0.15) is 0 Å². The van der Waals surface area contributed by atoms with E-state index in [0.717, 1.165) is 23.0 Å². The molecule has 6 heteroatoms. The van der Waals surface area contributed by atoms with Gasteiger partial charge in [0.25, 0.3) is 0 Å². The van der Waals surface area contributed by atoms with Crippen molar-refractivity contribution in [2.75, 3.05) is 6.54 Å². The molecule has 5 nitrogen and oxygen atoms in total. The second-order valence-electron chi connectivity index (χ2n) is 3.23. The minimum Gasteiger partial charge on any atom is -0.355 e. The van der Waals surface area contributed by atoms with Gasteiger partial charge in [0.05, 0.1) is 12.6 Å². The molecular weight excluding hydrogens is 200 g/mol. The van der Waals surface area contributed by atoms with E-state index < -0.39 is 0 Å².